The van der Waals surface area contributed by atoms with Gasteiger partial charge in [0.05, 0.1) is 10.8 Å². The Labute approximate surface area is 117 Å². The molecule has 0 radical (unpaired) electrons. The van der Waals surface area contributed by atoms with Crippen molar-refractivity contribution in [2.45, 2.75) is 5.22 Å². The van der Waals surface area contributed by atoms with E-state index in [0.717, 1.165) is 11.8 Å². The van der Waals surface area contributed by atoms with E-state index in [1.54, 1.807) is 24.3 Å². The molecule has 2 rings (SSSR count). The third-order valence-corrected chi connectivity index (χ3v) is 2.89. The average Bonchev–Trinajstić information content (AvgIpc) is 2.86. The SMILES string of the molecule is O=C(O)CSc1nnc(-c2cccc(N=C=S)c2)o1. The van der Waals surface area contributed by atoms with Crippen LogP contribution in [-0.2, 0) is 4.79 Å². The van der Waals surface area contributed by atoms with Gasteiger partial charge in [-0.15, -0.1) is 10.2 Å². The molecule has 0 unspecified atom stereocenters. The minimum Gasteiger partial charge on any atom is -0.481 e. The number of rotatable bonds is 5. The predicted octanol–water partition coefficient (Wildman–Crippen LogP) is 2.65. The first-order valence-corrected chi connectivity index (χ1v) is 6.45. The van der Waals surface area contributed by atoms with Crippen LogP contribution in [0.25, 0.3) is 11.5 Å². The zero-order valence-corrected chi connectivity index (χ0v) is 11.1. The molecule has 0 bridgehead atoms. The van der Waals surface area contributed by atoms with Gasteiger partial charge >= 0.3 is 5.97 Å². The van der Waals surface area contributed by atoms with E-state index < -0.39 is 5.97 Å². The summed E-state index contributed by atoms with van der Waals surface area (Å²) in [5, 5.41) is 18.6. The summed E-state index contributed by atoms with van der Waals surface area (Å²) in [6.07, 6.45) is 0. The Hall–Kier alpha value is -2.02. The van der Waals surface area contributed by atoms with Crippen molar-refractivity contribution in [3.63, 3.8) is 0 Å². The van der Waals surface area contributed by atoms with Crippen LogP contribution in [-0.4, -0.2) is 32.2 Å². The van der Waals surface area contributed by atoms with Gasteiger partial charge in [-0.05, 0) is 30.4 Å². The summed E-state index contributed by atoms with van der Waals surface area (Å²) in [5.74, 6) is -0.770. The van der Waals surface area contributed by atoms with Crippen molar-refractivity contribution in [1.82, 2.24) is 10.2 Å². The normalized spacial score (nSPS) is 9.89. The number of isothiocyanates is 1. The molecule has 1 heterocycles. The maximum atomic E-state index is 10.4. The molecule has 19 heavy (non-hydrogen) atoms. The Morgan fingerprint density at radius 1 is 1.53 bits per heavy atom. The van der Waals surface area contributed by atoms with E-state index in [9.17, 15) is 4.79 Å². The van der Waals surface area contributed by atoms with Gasteiger partial charge in [-0.1, -0.05) is 17.8 Å². The fourth-order valence-electron chi connectivity index (χ4n) is 1.27. The average molecular weight is 293 g/mol. The second kappa shape index (κ2) is 6.24. The zero-order valence-electron chi connectivity index (χ0n) is 9.44. The van der Waals surface area contributed by atoms with E-state index in [-0.39, 0.29) is 11.0 Å². The van der Waals surface area contributed by atoms with Crippen molar-refractivity contribution >= 4 is 40.8 Å². The van der Waals surface area contributed by atoms with Gasteiger partial charge in [0.1, 0.15) is 5.75 Å². The van der Waals surface area contributed by atoms with E-state index >= 15 is 0 Å². The van der Waals surface area contributed by atoms with Crippen LogP contribution in [0.4, 0.5) is 5.69 Å². The third-order valence-electron chi connectivity index (χ3n) is 1.99. The molecule has 0 amide bonds. The topological polar surface area (TPSA) is 88.6 Å². The number of carboxylic acids is 1. The number of carbonyl (C=O) groups is 1. The summed E-state index contributed by atoms with van der Waals surface area (Å²) in [6, 6.07) is 7.04. The molecule has 0 aliphatic carbocycles. The molecular formula is C11H7N3O3S2. The molecule has 2 aromatic rings. The van der Waals surface area contributed by atoms with Crippen LogP contribution in [0, 0.1) is 0 Å². The van der Waals surface area contributed by atoms with E-state index in [1.165, 1.54) is 0 Å². The van der Waals surface area contributed by atoms with Crippen LogP contribution in [0.3, 0.4) is 0 Å². The number of hydrogen-bond acceptors (Lipinski definition) is 7. The third kappa shape index (κ3) is 3.72. The number of aromatic nitrogens is 2. The lowest BCUT2D eigenvalue weighted by Crippen LogP contribution is -1.97. The quantitative estimate of drug-likeness (QED) is 0.515. The lowest BCUT2D eigenvalue weighted by atomic mass is 10.2. The lowest BCUT2D eigenvalue weighted by Gasteiger charge is -1.95. The zero-order chi connectivity index (χ0) is 13.7. The number of aliphatic imine (C=N–C) groups is 1. The Balaban J connectivity index is 2.20. The smallest absolute Gasteiger partial charge is 0.314 e. The molecule has 0 atom stereocenters. The molecule has 96 valence electrons. The highest BCUT2D eigenvalue weighted by Gasteiger charge is 2.10. The second-order valence-electron chi connectivity index (χ2n) is 3.31. The van der Waals surface area contributed by atoms with E-state index in [0.29, 0.717) is 17.1 Å². The van der Waals surface area contributed by atoms with Crippen LogP contribution in [0.5, 0.6) is 0 Å². The Kier molecular flexibility index (Phi) is 4.40. The molecule has 8 heteroatoms. The summed E-state index contributed by atoms with van der Waals surface area (Å²) >= 11 is 5.50. The van der Waals surface area contributed by atoms with Crippen LogP contribution in [0.15, 0.2) is 38.9 Å². The standard InChI is InChI=1S/C11H7N3O3S2/c15-9(16)5-19-11-14-13-10(17-11)7-2-1-3-8(4-7)12-6-18/h1-4H,5H2,(H,15,16). The number of carboxylic acid groups (broad SMARTS) is 1. The van der Waals surface area contributed by atoms with Gasteiger partial charge in [0, 0.05) is 5.56 Å². The summed E-state index contributed by atoms with van der Waals surface area (Å²) in [4.78, 5) is 14.3. The molecule has 1 aromatic carbocycles. The van der Waals surface area contributed by atoms with E-state index in [1.807, 2.05) is 0 Å². The molecule has 0 spiro atoms. The minimum absolute atomic E-state index is 0.128. The van der Waals surface area contributed by atoms with Crippen LogP contribution in [0.1, 0.15) is 0 Å². The van der Waals surface area contributed by atoms with Crippen molar-refractivity contribution in [2.24, 2.45) is 4.99 Å². The van der Waals surface area contributed by atoms with Gasteiger partial charge < -0.3 is 9.52 Å². The largest absolute Gasteiger partial charge is 0.481 e. The molecule has 0 fully saturated rings. The van der Waals surface area contributed by atoms with Crippen LogP contribution < -0.4 is 0 Å². The highest BCUT2D eigenvalue weighted by Crippen LogP contribution is 2.25. The summed E-state index contributed by atoms with van der Waals surface area (Å²) < 4.78 is 5.34. The maximum absolute atomic E-state index is 10.4. The molecule has 6 nitrogen and oxygen atoms in total. The van der Waals surface area contributed by atoms with Crippen LogP contribution in [0.2, 0.25) is 0 Å². The van der Waals surface area contributed by atoms with Crippen molar-refractivity contribution < 1.29 is 14.3 Å². The monoisotopic (exact) mass is 293 g/mol. The molecular weight excluding hydrogens is 286 g/mol. The Morgan fingerprint density at radius 3 is 3.11 bits per heavy atom. The molecule has 1 aromatic heterocycles. The van der Waals surface area contributed by atoms with Crippen molar-refractivity contribution in [2.75, 3.05) is 5.75 Å². The molecule has 0 saturated heterocycles. The van der Waals surface area contributed by atoms with Gasteiger partial charge in [-0.3, -0.25) is 4.79 Å². The number of nitrogens with zero attached hydrogens (tertiary/aromatic N) is 3. The maximum Gasteiger partial charge on any atom is 0.314 e. The lowest BCUT2D eigenvalue weighted by molar-refractivity contribution is -0.133. The van der Waals surface area contributed by atoms with Gasteiger partial charge in [0.2, 0.25) is 5.89 Å². The van der Waals surface area contributed by atoms with Gasteiger partial charge in [-0.25, -0.2) is 0 Å². The van der Waals surface area contributed by atoms with Gasteiger partial charge in [0.15, 0.2) is 0 Å². The number of thioether (sulfide) groups is 1. The number of aliphatic carboxylic acids is 1. The fourth-order valence-corrected chi connectivity index (χ4v) is 1.86. The summed E-state index contributed by atoms with van der Waals surface area (Å²) in [7, 11) is 0. The number of hydrogen-bond donors (Lipinski definition) is 1. The molecule has 1 N–H and O–H groups in total. The summed E-state index contributed by atoms with van der Waals surface area (Å²) in [6.45, 7) is 0. The van der Waals surface area contributed by atoms with Crippen LogP contribution >= 0.6 is 24.0 Å². The van der Waals surface area contributed by atoms with Crippen molar-refractivity contribution in [3.05, 3.63) is 24.3 Å². The Bertz CT molecular complexity index is 650. The van der Waals surface area contributed by atoms with Gasteiger partial charge in [-0.2, -0.15) is 4.99 Å². The van der Waals surface area contributed by atoms with Crippen molar-refractivity contribution in [1.29, 1.82) is 0 Å². The van der Waals surface area contributed by atoms with E-state index in [4.69, 9.17) is 9.52 Å². The fraction of sp³-hybridized carbons (Fsp3) is 0.0909. The van der Waals surface area contributed by atoms with Gasteiger partial charge in [0.25, 0.3) is 5.22 Å². The first-order valence-electron chi connectivity index (χ1n) is 5.05. The number of benzene rings is 1. The number of thiocarbonyl (C=S) groups is 1. The first kappa shape index (κ1) is 13.4. The highest BCUT2D eigenvalue weighted by molar-refractivity contribution is 7.99. The minimum atomic E-state index is -0.943. The molecule has 0 aliphatic rings. The van der Waals surface area contributed by atoms with E-state index in [2.05, 4.69) is 32.6 Å². The first-order chi connectivity index (χ1) is 9.19. The molecule has 0 aliphatic heterocycles. The highest BCUT2D eigenvalue weighted by atomic mass is 32.2. The molecule has 0 saturated carbocycles. The predicted molar refractivity (Wildman–Crippen MR) is 72.8 cm³/mol. The second-order valence-corrected chi connectivity index (χ2v) is 4.42. The van der Waals surface area contributed by atoms with Crippen molar-refractivity contribution in [3.8, 4) is 11.5 Å². The Morgan fingerprint density at radius 2 is 2.37 bits per heavy atom. The summed E-state index contributed by atoms with van der Waals surface area (Å²) in [5.41, 5.74) is 1.31.